The number of hydrogen-bond donors (Lipinski definition) is 1. The van der Waals surface area contributed by atoms with E-state index in [1.54, 1.807) is 0 Å². The average Bonchev–Trinajstić information content (AvgIpc) is 1.88. The van der Waals surface area contributed by atoms with Crippen molar-refractivity contribution in [1.29, 1.82) is 0 Å². The van der Waals surface area contributed by atoms with E-state index in [9.17, 15) is 0 Å². The summed E-state index contributed by atoms with van der Waals surface area (Å²) >= 11 is 0. The second kappa shape index (κ2) is 4.73. The number of rotatable bonds is 4. The minimum Gasteiger partial charge on any atom is -0.316 e. The SMILES string of the molecule is CC[C@H](C)C(NC)C(C)C. The third-order valence-electron chi connectivity index (χ3n) is 2.31. The minimum absolute atomic E-state index is 0.685. The summed E-state index contributed by atoms with van der Waals surface area (Å²) in [6.45, 7) is 9.10. The zero-order chi connectivity index (χ0) is 8.15. The number of hydrogen-bond acceptors (Lipinski definition) is 1. The van der Waals surface area contributed by atoms with Crippen molar-refractivity contribution >= 4 is 0 Å². The molecular formula is C9H21N. The molecule has 0 bridgehead atoms. The molecule has 0 fully saturated rings. The van der Waals surface area contributed by atoms with E-state index in [0.717, 1.165) is 11.8 Å². The van der Waals surface area contributed by atoms with Crippen molar-refractivity contribution < 1.29 is 0 Å². The van der Waals surface area contributed by atoms with Crippen molar-refractivity contribution in [2.75, 3.05) is 7.05 Å². The van der Waals surface area contributed by atoms with Crippen LogP contribution >= 0.6 is 0 Å². The van der Waals surface area contributed by atoms with Crippen LogP contribution in [0.1, 0.15) is 34.1 Å². The van der Waals surface area contributed by atoms with Crippen LogP contribution in [0.3, 0.4) is 0 Å². The summed E-state index contributed by atoms with van der Waals surface area (Å²) in [6.07, 6.45) is 1.27. The third-order valence-corrected chi connectivity index (χ3v) is 2.31. The minimum atomic E-state index is 0.685. The molecule has 0 aromatic carbocycles. The van der Waals surface area contributed by atoms with E-state index >= 15 is 0 Å². The fourth-order valence-electron chi connectivity index (χ4n) is 1.53. The molecule has 0 heterocycles. The van der Waals surface area contributed by atoms with Crippen LogP contribution < -0.4 is 5.32 Å². The van der Waals surface area contributed by atoms with E-state index in [0.29, 0.717) is 6.04 Å². The Morgan fingerprint density at radius 1 is 1.20 bits per heavy atom. The molecule has 0 spiro atoms. The van der Waals surface area contributed by atoms with Crippen molar-refractivity contribution in [2.24, 2.45) is 11.8 Å². The average molecular weight is 143 g/mol. The zero-order valence-electron chi connectivity index (χ0n) is 7.94. The van der Waals surface area contributed by atoms with Gasteiger partial charge in [0.05, 0.1) is 0 Å². The van der Waals surface area contributed by atoms with Crippen molar-refractivity contribution in [3.05, 3.63) is 0 Å². The molecule has 0 radical (unpaired) electrons. The maximum absolute atomic E-state index is 3.35. The summed E-state index contributed by atoms with van der Waals surface area (Å²) in [6, 6.07) is 0.685. The first-order chi connectivity index (χ1) is 4.63. The van der Waals surface area contributed by atoms with Gasteiger partial charge < -0.3 is 5.32 Å². The monoisotopic (exact) mass is 143 g/mol. The van der Waals surface area contributed by atoms with Gasteiger partial charge in [0.15, 0.2) is 0 Å². The predicted octanol–water partition coefficient (Wildman–Crippen LogP) is 2.28. The summed E-state index contributed by atoms with van der Waals surface area (Å²) in [5.41, 5.74) is 0. The fraction of sp³-hybridized carbons (Fsp3) is 1.00. The molecule has 1 heteroatoms. The molecule has 0 saturated carbocycles. The van der Waals surface area contributed by atoms with Gasteiger partial charge in [0.25, 0.3) is 0 Å². The first-order valence-electron chi connectivity index (χ1n) is 4.30. The summed E-state index contributed by atoms with van der Waals surface area (Å²) in [5.74, 6) is 1.55. The molecule has 0 aliphatic rings. The zero-order valence-corrected chi connectivity index (χ0v) is 7.94. The molecule has 10 heavy (non-hydrogen) atoms. The molecule has 2 atom stereocenters. The molecule has 1 unspecified atom stereocenters. The Kier molecular flexibility index (Phi) is 4.71. The van der Waals surface area contributed by atoms with Gasteiger partial charge in [-0.05, 0) is 18.9 Å². The van der Waals surface area contributed by atoms with Crippen molar-refractivity contribution in [1.82, 2.24) is 5.32 Å². The van der Waals surface area contributed by atoms with Crippen LogP contribution in [0.2, 0.25) is 0 Å². The molecule has 0 rings (SSSR count). The normalized spacial score (nSPS) is 17.4. The lowest BCUT2D eigenvalue weighted by molar-refractivity contribution is 0.309. The van der Waals surface area contributed by atoms with Crippen molar-refractivity contribution in [2.45, 2.75) is 40.2 Å². The van der Waals surface area contributed by atoms with Gasteiger partial charge in [-0.3, -0.25) is 0 Å². The lowest BCUT2D eigenvalue weighted by Crippen LogP contribution is -2.36. The van der Waals surface area contributed by atoms with Gasteiger partial charge >= 0.3 is 0 Å². The molecular weight excluding hydrogens is 122 g/mol. The molecule has 0 amide bonds. The van der Waals surface area contributed by atoms with Gasteiger partial charge in [-0.25, -0.2) is 0 Å². The van der Waals surface area contributed by atoms with Crippen molar-refractivity contribution in [3.8, 4) is 0 Å². The van der Waals surface area contributed by atoms with E-state index in [1.807, 2.05) is 0 Å². The largest absolute Gasteiger partial charge is 0.316 e. The summed E-state index contributed by atoms with van der Waals surface area (Å²) < 4.78 is 0. The standard InChI is InChI=1S/C9H21N/c1-6-8(4)9(10-5)7(2)3/h7-10H,6H2,1-5H3/t8-,9?/m0/s1. The van der Waals surface area contributed by atoms with Crippen LogP contribution in [0.4, 0.5) is 0 Å². The van der Waals surface area contributed by atoms with E-state index < -0.39 is 0 Å². The smallest absolute Gasteiger partial charge is 0.0113 e. The van der Waals surface area contributed by atoms with Crippen LogP contribution in [0, 0.1) is 11.8 Å². The maximum atomic E-state index is 3.35. The first kappa shape index (κ1) is 9.96. The van der Waals surface area contributed by atoms with E-state index in [-0.39, 0.29) is 0 Å². The molecule has 0 saturated heterocycles. The molecule has 0 aromatic heterocycles. The van der Waals surface area contributed by atoms with Crippen LogP contribution in [0.25, 0.3) is 0 Å². The Hall–Kier alpha value is -0.0400. The second-order valence-electron chi connectivity index (χ2n) is 3.44. The highest BCUT2D eigenvalue weighted by atomic mass is 14.9. The van der Waals surface area contributed by atoms with E-state index in [2.05, 4.69) is 40.1 Å². The van der Waals surface area contributed by atoms with Gasteiger partial charge in [-0.1, -0.05) is 34.1 Å². The van der Waals surface area contributed by atoms with Gasteiger partial charge in [0.2, 0.25) is 0 Å². The Labute approximate surface area is 65.2 Å². The molecule has 0 aromatic rings. The predicted molar refractivity (Wildman–Crippen MR) is 47.1 cm³/mol. The molecule has 1 N–H and O–H groups in total. The van der Waals surface area contributed by atoms with Gasteiger partial charge in [-0.2, -0.15) is 0 Å². The Morgan fingerprint density at radius 3 is 1.80 bits per heavy atom. The summed E-state index contributed by atoms with van der Waals surface area (Å²) in [7, 11) is 2.05. The van der Waals surface area contributed by atoms with E-state index in [4.69, 9.17) is 0 Å². The summed E-state index contributed by atoms with van der Waals surface area (Å²) in [5, 5.41) is 3.35. The second-order valence-corrected chi connectivity index (χ2v) is 3.44. The van der Waals surface area contributed by atoms with E-state index in [1.165, 1.54) is 6.42 Å². The van der Waals surface area contributed by atoms with Crippen molar-refractivity contribution in [3.63, 3.8) is 0 Å². The highest BCUT2D eigenvalue weighted by Crippen LogP contribution is 2.14. The van der Waals surface area contributed by atoms with Crippen LogP contribution in [-0.4, -0.2) is 13.1 Å². The topological polar surface area (TPSA) is 12.0 Å². The maximum Gasteiger partial charge on any atom is 0.0113 e. The third kappa shape index (κ3) is 2.70. The lowest BCUT2D eigenvalue weighted by Gasteiger charge is -2.25. The highest BCUT2D eigenvalue weighted by molar-refractivity contribution is 4.73. The molecule has 0 aliphatic heterocycles. The lowest BCUT2D eigenvalue weighted by atomic mass is 9.90. The van der Waals surface area contributed by atoms with Crippen LogP contribution in [-0.2, 0) is 0 Å². The molecule has 1 nitrogen and oxygen atoms in total. The fourth-order valence-corrected chi connectivity index (χ4v) is 1.53. The molecule has 0 aliphatic carbocycles. The van der Waals surface area contributed by atoms with Crippen LogP contribution in [0.5, 0.6) is 0 Å². The van der Waals surface area contributed by atoms with Crippen LogP contribution in [0.15, 0.2) is 0 Å². The summed E-state index contributed by atoms with van der Waals surface area (Å²) in [4.78, 5) is 0. The highest BCUT2D eigenvalue weighted by Gasteiger charge is 2.16. The van der Waals surface area contributed by atoms with Gasteiger partial charge in [0, 0.05) is 6.04 Å². The first-order valence-corrected chi connectivity index (χ1v) is 4.30. The van der Waals surface area contributed by atoms with Gasteiger partial charge in [-0.15, -0.1) is 0 Å². The Balaban J connectivity index is 3.80. The van der Waals surface area contributed by atoms with Gasteiger partial charge in [0.1, 0.15) is 0 Å². The quantitative estimate of drug-likeness (QED) is 0.636. The number of nitrogens with one attached hydrogen (secondary N) is 1. The Morgan fingerprint density at radius 2 is 1.70 bits per heavy atom. The molecule has 62 valence electrons. The Bertz CT molecular complexity index is 78.8.